The zero-order valence-electron chi connectivity index (χ0n) is 11.2. The lowest BCUT2D eigenvalue weighted by molar-refractivity contribution is -0.138. The van der Waals surface area contributed by atoms with Crippen LogP contribution >= 0.6 is 11.3 Å². The van der Waals surface area contributed by atoms with Gasteiger partial charge in [0.05, 0.1) is 22.6 Å². The number of hydrogen-bond donors (Lipinski definition) is 2. The summed E-state index contributed by atoms with van der Waals surface area (Å²) in [7, 11) is -4.11. The van der Waals surface area contributed by atoms with E-state index in [0.717, 1.165) is 23.5 Å². The third-order valence-corrected chi connectivity index (χ3v) is 4.89. The van der Waals surface area contributed by atoms with Crippen molar-refractivity contribution >= 4 is 32.5 Å². The van der Waals surface area contributed by atoms with Gasteiger partial charge in [-0.15, -0.1) is 11.3 Å². The van der Waals surface area contributed by atoms with Crippen LogP contribution in [-0.4, -0.2) is 24.5 Å². The molecule has 0 aliphatic rings. The number of rotatable bonds is 5. The Hall–Kier alpha value is -2.14. The molecule has 2 N–H and O–H groups in total. The Labute approximate surface area is 132 Å². The van der Waals surface area contributed by atoms with Crippen LogP contribution in [-0.2, 0) is 27.4 Å². The number of sulfonamides is 1. The summed E-state index contributed by atoms with van der Waals surface area (Å²) in [5, 5.41) is 9.92. The number of benzene rings is 1. The van der Waals surface area contributed by atoms with Crippen LogP contribution in [0.5, 0.6) is 0 Å². The van der Waals surface area contributed by atoms with Gasteiger partial charge in [0.1, 0.15) is 0 Å². The van der Waals surface area contributed by atoms with Crippen LogP contribution in [0.1, 0.15) is 11.3 Å². The molecule has 1 aromatic heterocycles. The maximum absolute atomic E-state index is 12.4. The minimum atomic E-state index is -4.56. The molecule has 0 aliphatic heterocycles. The van der Waals surface area contributed by atoms with Crippen molar-refractivity contribution in [2.24, 2.45) is 0 Å². The van der Waals surface area contributed by atoms with E-state index >= 15 is 0 Å². The lowest BCUT2D eigenvalue weighted by Gasteiger charge is -2.08. The fourth-order valence-electron chi connectivity index (χ4n) is 1.59. The number of aliphatic carboxylic acids is 1. The van der Waals surface area contributed by atoms with Crippen molar-refractivity contribution in [1.29, 1.82) is 0 Å². The number of nitrogens with zero attached hydrogens (tertiary/aromatic N) is 1. The number of anilines is 1. The molecule has 0 bridgehead atoms. The number of thiazole rings is 1. The molecule has 0 aliphatic carbocycles. The van der Waals surface area contributed by atoms with Gasteiger partial charge < -0.3 is 5.11 Å². The number of halogens is 3. The van der Waals surface area contributed by atoms with Crippen molar-refractivity contribution in [3.05, 3.63) is 40.9 Å². The molecule has 0 spiro atoms. The largest absolute Gasteiger partial charge is 0.481 e. The van der Waals surface area contributed by atoms with Gasteiger partial charge in [-0.05, 0) is 24.3 Å². The van der Waals surface area contributed by atoms with Crippen molar-refractivity contribution in [3.63, 3.8) is 0 Å². The Bertz CT molecular complexity index is 814. The summed E-state index contributed by atoms with van der Waals surface area (Å²) in [6.07, 6.45) is -4.92. The molecule has 0 radical (unpaired) electrons. The first-order chi connectivity index (χ1) is 10.6. The number of carbonyl (C=O) groups is 1. The molecular formula is C12H9F3N2O4S2. The summed E-state index contributed by atoms with van der Waals surface area (Å²) in [5.41, 5.74) is -0.790. The number of carboxylic acids is 1. The molecule has 0 amide bonds. The molecule has 1 heterocycles. The summed E-state index contributed by atoms with van der Waals surface area (Å²) < 4.78 is 63.5. The predicted molar refractivity (Wildman–Crippen MR) is 75.7 cm³/mol. The molecule has 11 heteroatoms. The average molecular weight is 366 g/mol. The van der Waals surface area contributed by atoms with E-state index in [0.29, 0.717) is 12.1 Å². The number of hydrogen-bond acceptors (Lipinski definition) is 5. The van der Waals surface area contributed by atoms with Gasteiger partial charge in [-0.3, -0.25) is 9.52 Å². The summed E-state index contributed by atoms with van der Waals surface area (Å²) in [6, 6.07) is 2.98. The van der Waals surface area contributed by atoms with E-state index in [1.165, 1.54) is 5.38 Å². The third kappa shape index (κ3) is 4.42. The first-order valence-corrected chi connectivity index (χ1v) is 8.30. The number of alkyl halides is 3. The standard InChI is InChI=1S/C12H9F3N2O4S2/c13-12(14,15)7-1-3-9(4-2-7)23(20,21)17-11-16-8(6-22-11)5-10(18)19/h1-4,6H,5H2,(H,16,17)(H,18,19). The maximum Gasteiger partial charge on any atom is 0.416 e. The predicted octanol–water partition coefficient (Wildman–Crippen LogP) is 2.59. The van der Waals surface area contributed by atoms with Gasteiger partial charge in [0.2, 0.25) is 0 Å². The highest BCUT2D eigenvalue weighted by molar-refractivity contribution is 7.93. The van der Waals surface area contributed by atoms with Crippen LogP contribution in [0.2, 0.25) is 0 Å². The molecule has 124 valence electrons. The van der Waals surface area contributed by atoms with Crippen LogP contribution in [0.3, 0.4) is 0 Å². The van der Waals surface area contributed by atoms with Gasteiger partial charge in [-0.2, -0.15) is 13.2 Å². The minimum absolute atomic E-state index is 0.0684. The highest BCUT2D eigenvalue weighted by Gasteiger charge is 2.30. The van der Waals surface area contributed by atoms with E-state index in [9.17, 15) is 26.4 Å². The van der Waals surface area contributed by atoms with Crippen LogP contribution < -0.4 is 4.72 Å². The minimum Gasteiger partial charge on any atom is -0.481 e. The Balaban J connectivity index is 2.18. The smallest absolute Gasteiger partial charge is 0.416 e. The Morgan fingerprint density at radius 1 is 1.26 bits per heavy atom. The van der Waals surface area contributed by atoms with Crippen LogP contribution in [0.15, 0.2) is 34.5 Å². The van der Waals surface area contributed by atoms with Crippen molar-refractivity contribution < 1.29 is 31.5 Å². The summed E-state index contributed by atoms with van der Waals surface area (Å²) in [5.74, 6) is -1.12. The fourth-order valence-corrected chi connectivity index (χ4v) is 3.55. The molecule has 0 fully saturated rings. The number of nitrogens with one attached hydrogen (secondary N) is 1. The normalized spacial score (nSPS) is 12.1. The van der Waals surface area contributed by atoms with Gasteiger partial charge in [-0.1, -0.05) is 0 Å². The van der Waals surface area contributed by atoms with Crippen LogP contribution in [0.25, 0.3) is 0 Å². The molecule has 2 aromatic rings. The number of aromatic nitrogens is 1. The SMILES string of the molecule is O=C(O)Cc1csc(NS(=O)(=O)c2ccc(C(F)(F)F)cc2)n1. The second-order valence-corrected chi connectivity index (χ2v) is 6.88. The van der Waals surface area contributed by atoms with Gasteiger partial charge in [0.15, 0.2) is 5.13 Å². The molecule has 2 rings (SSSR count). The maximum atomic E-state index is 12.4. The monoisotopic (exact) mass is 366 g/mol. The lowest BCUT2D eigenvalue weighted by Crippen LogP contribution is -2.13. The van der Waals surface area contributed by atoms with Crippen molar-refractivity contribution in [2.45, 2.75) is 17.5 Å². The zero-order chi connectivity index (χ0) is 17.3. The van der Waals surface area contributed by atoms with E-state index in [1.54, 1.807) is 0 Å². The van der Waals surface area contributed by atoms with Crippen molar-refractivity contribution in [1.82, 2.24) is 4.98 Å². The first-order valence-electron chi connectivity index (χ1n) is 5.94. The Morgan fingerprint density at radius 3 is 2.39 bits per heavy atom. The second-order valence-electron chi connectivity index (χ2n) is 4.34. The lowest BCUT2D eigenvalue weighted by atomic mass is 10.2. The van der Waals surface area contributed by atoms with E-state index in [1.807, 2.05) is 0 Å². The second kappa shape index (κ2) is 6.16. The highest BCUT2D eigenvalue weighted by atomic mass is 32.2. The van der Waals surface area contributed by atoms with Gasteiger partial charge in [0.25, 0.3) is 10.0 Å². The third-order valence-electron chi connectivity index (χ3n) is 2.60. The molecule has 6 nitrogen and oxygen atoms in total. The van der Waals surface area contributed by atoms with E-state index in [-0.39, 0.29) is 22.1 Å². The topological polar surface area (TPSA) is 96.4 Å². The summed E-state index contributed by atoms with van der Waals surface area (Å²) in [4.78, 5) is 14.0. The van der Waals surface area contributed by atoms with Crippen molar-refractivity contribution in [2.75, 3.05) is 4.72 Å². The highest BCUT2D eigenvalue weighted by Crippen LogP contribution is 2.30. The Kier molecular flexibility index (Phi) is 4.61. The van der Waals surface area contributed by atoms with Crippen LogP contribution in [0, 0.1) is 0 Å². The van der Waals surface area contributed by atoms with E-state index in [2.05, 4.69) is 9.71 Å². The molecule has 0 unspecified atom stereocenters. The summed E-state index contributed by atoms with van der Waals surface area (Å²) >= 11 is 0.876. The Morgan fingerprint density at radius 2 is 1.87 bits per heavy atom. The van der Waals surface area contributed by atoms with E-state index in [4.69, 9.17) is 5.11 Å². The molecule has 0 saturated heterocycles. The van der Waals surface area contributed by atoms with Crippen molar-refractivity contribution in [3.8, 4) is 0 Å². The first kappa shape index (κ1) is 17.2. The molecule has 0 atom stereocenters. The molecule has 23 heavy (non-hydrogen) atoms. The quantitative estimate of drug-likeness (QED) is 0.848. The number of carboxylic acid groups (broad SMARTS) is 1. The average Bonchev–Trinajstić information content (AvgIpc) is 2.83. The van der Waals surface area contributed by atoms with Crippen LogP contribution in [0.4, 0.5) is 18.3 Å². The molecule has 0 saturated carbocycles. The molecular weight excluding hydrogens is 357 g/mol. The molecule has 1 aromatic carbocycles. The fraction of sp³-hybridized carbons (Fsp3) is 0.167. The van der Waals surface area contributed by atoms with Gasteiger partial charge in [0, 0.05) is 5.38 Å². The van der Waals surface area contributed by atoms with Gasteiger partial charge >= 0.3 is 12.1 Å². The van der Waals surface area contributed by atoms with Gasteiger partial charge in [-0.25, -0.2) is 13.4 Å². The zero-order valence-corrected chi connectivity index (χ0v) is 12.8. The van der Waals surface area contributed by atoms with E-state index < -0.39 is 27.7 Å². The summed E-state index contributed by atoms with van der Waals surface area (Å²) in [6.45, 7) is 0.